The van der Waals surface area contributed by atoms with Gasteiger partial charge in [-0.1, -0.05) is 32.8 Å². The molecule has 6 nitrogen and oxygen atoms in total. The number of hydrogen-bond donors (Lipinski definition) is 1. The quantitative estimate of drug-likeness (QED) is 0.272. The number of aromatic nitrogens is 1. The Labute approximate surface area is 201 Å². The third-order valence-corrected chi connectivity index (χ3v) is 6.15. The van der Waals surface area contributed by atoms with Crippen molar-refractivity contribution in [2.45, 2.75) is 52.0 Å². The number of pyridine rings is 1. The molecule has 2 aromatic rings. The maximum absolute atomic E-state index is 13.4. The molecule has 34 heavy (non-hydrogen) atoms. The second-order valence-corrected chi connectivity index (χ2v) is 8.66. The van der Waals surface area contributed by atoms with Gasteiger partial charge >= 0.3 is 0 Å². The maximum atomic E-state index is 13.4. The van der Waals surface area contributed by atoms with E-state index in [1.165, 1.54) is 29.2 Å². The summed E-state index contributed by atoms with van der Waals surface area (Å²) in [4.78, 5) is 34.4. The van der Waals surface area contributed by atoms with Crippen LogP contribution in [0.25, 0.3) is 5.76 Å². The van der Waals surface area contributed by atoms with E-state index in [0.717, 1.165) is 45.3 Å². The number of aliphatic hydroxyl groups is 1. The summed E-state index contributed by atoms with van der Waals surface area (Å²) < 4.78 is 13.4. The minimum absolute atomic E-state index is 0.0101. The van der Waals surface area contributed by atoms with Gasteiger partial charge in [0.25, 0.3) is 11.7 Å². The molecule has 0 bridgehead atoms. The van der Waals surface area contributed by atoms with Crippen molar-refractivity contribution in [1.29, 1.82) is 0 Å². The van der Waals surface area contributed by atoms with Crippen molar-refractivity contribution in [2.24, 2.45) is 0 Å². The fraction of sp³-hybridized carbons (Fsp3) is 0.444. The van der Waals surface area contributed by atoms with Crippen molar-refractivity contribution in [2.75, 3.05) is 26.2 Å². The number of unbranched alkanes of at least 4 members (excludes halogenated alkanes) is 2. The summed E-state index contributed by atoms with van der Waals surface area (Å²) in [5.41, 5.74) is 0.786. The number of Topliss-reactive ketones (excluding diaryl/α,β-unsaturated/α-hetero) is 1. The monoisotopic (exact) mass is 467 g/mol. The van der Waals surface area contributed by atoms with Crippen LogP contribution in [0.4, 0.5) is 4.39 Å². The Hall–Kier alpha value is -3.06. The van der Waals surface area contributed by atoms with E-state index in [1.54, 1.807) is 24.4 Å². The van der Waals surface area contributed by atoms with E-state index in [-0.39, 0.29) is 16.9 Å². The maximum Gasteiger partial charge on any atom is 0.295 e. The standard InChI is InChI=1S/C27H34FN3O3/c1-3-5-16-30(17-6-4-2)18-9-19-31-24(22-10-7-8-15-29-22)23(26(33)27(31)34)25(32)20-11-13-21(28)14-12-20/h7-8,10-15,24,32H,3-6,9,16-19H2,1-2H3/b25-23-. The third-order valence-electron chi connectivity index (χ3n) is 6.15. The summed E-state index contributed by atoms with van der Waals surface area (Å²) in [6.07, 6.45) is 6.81. The second-order valence-electron chi connectivity index (χ2n) is 8.66. The number of carbonyl (C=O) groups excluding carboxylic acids is 2. The molecule has 0 aliphatic carbocycles. The highest BCUT2D eigenvalue weighted by Gasteiger charge is 2.46. The number of halogens is 1. The molecule has 2 heterocycles. The first-order valence-electron chi connectivity index (χ1n) is 12.2. The van der Waals surface area contributed by atoms with E-state index in [1.807, 2.05) is 0 Å². The van der Waals surface area contributed by atoms with E-state index in [4.69, 9.17) is 0 Å². The number of amides is 1. The largest absolute Gasteiger partial charge is 0.507 e. The lowest BCUT2D eigenvalue weighted by Gasteiger charge is -2.27. The first kappa shape index (κ1) is 25.6. The molecule has 1 aliphatic heterocycles. The Morgan fingerprint density at radius 1 is 1.00 bits per heavy atom. The van der Waals surface area contributed by atoms with Crippen molar-refractivity contribution >= 4 is 17.4 Å². The van der Waals surface area contributed by atoms with E-state index in [9.17, 15) is 19.1 Å². The van der Waals surface area contributed by atoms with Crippen LogP contribution >= 0.6 is 0 Å². The second kappa shape index (κ2) is 12.4. The number of carbonyl (C=O) groups is 2. The third kappa shape index (κ3) is 6.08. The summed E-state index contributed by atoms with van der Waals surface area (Å²) in [6.45, 7) is 7.58. The number of benzene rings is 1. The molecule has 1 fully saturated rings. The van der Waals surface area contributed by atoms with Crippen LogP contribution in [0.3, 0.4) is 0 Å². The number of likely N-dealkylation sites (tertiary alicyclic amines) is 1. The molecule has 1 aliphatic rings. The fourth-order valence-electron chi connectivity index (χ4n) is 4.28. The summed E-state index contributed by atoms with van der Waals surface area (Å²) >= 11 is 0. The fourth-order valence-corrected chi connectivity index (χ4v) is 4.28. The highest BCUT2D eigenvalue weighted by atomic mass is 19.1. The molecular weight excluding hydrogens is 433 g/mol. The van der Waals surface area contributed by atoms with Crippen molar-refractivity contribution in [3.8, 4) is 0 Å². The Balaban J connectivity index is 1.87. The van der Waals surface area contributed by atoms with Gasteiger partial charge in [-0.05, 0) is 75.3 Å². The zero-order valence-corrected chi connectivity index (χ0v) is 20.0. The highest BCUT2D eigenvalue weighted by molar-refractivity contribution is 6.46. The van der Waals surface area contributed by atoms with Crippen LogP contribution in [0.5, 0.6) is 0 Å². The summed E-state index contributed by atoms with van der Waals surface area (Å²) in [5.74, 6) is -2.16. The van der Waals surface area contributed by atoms with E-state index in [2.05, 4.69) is 23.7 Å². The lowest BCUT2D eigenvalue weighted by molar-refractivity contribution is -0.140. The van der Waals surface area contributed by atoms with Gasteiger partial charge in [0, 0.05) is 18.3 Å². The first-order valence-corrected chi connectivity index (χ1v) is 12.2. The average molecular weight is 468 g/mol. The van der Waals surface area contributed by atoms with Crippen LogP contribution in [0.2, 0.25) is 0 Å². The zero-order chi connectivity index (χ0) is 24.5. The predicted octanol–water partition coefficient (Wildman–Crippen LogP) is 4.93. The van der Waals surface area contributed by atoms with Gasteiger partial charge in [-0.3, -0.25) is 14.6 Å². The molecule has 1 aromatic carbocycles. The zero-order valence-electron chi connectivity index (χ0n) is 20.0. The van der Waals surface area contributed by atoms with Gasteiger partial charge in [-0.25, -0.2) is 4.39 Å². The molecule has 182 valence electrons. The smallest absolute Gasteiger partial charge is 0.295 e. The number of nitrogens with zero attached hydrogens (tertiary/aromatic N) is 3. The Bertz CT molecular complexity index is 984. The van der Waals surface area contributed by atoms with Gasteiger partial charge in [0.05, 0.1) is 11.3 Å². The van der Waals surface area contributed by atoms with Crippen molar-refractivity contribution in [3.63, 3.8) is 0 Å². The van der Waals surface area contributed by atoms with Crippen LogP contribution in [-0.4, -0.2) is 57.8 Å². The lowest BCUT2D eigenvalue weighted by atomic mass is 9.98. The SMILES string of the molecule is CCCCN(CCCC)CCCN1C(=O)C(=O)/C(=C(\O)c2ccc(F)cc2)C1c1ccccn1. The van der Waals surface area contributed by atoms with Gasteiger partial charge in [0.2, 0.25) is 0 Å². The van der Waals surface area contributed by atoms with Crippen molar-refractivity contribution in [1.82, 2.24) is 14.8 Å². The molecule has 1 atom stereocenters. The van der Waals surface area contributed by atoms with E-state index >= 15 is 0 Å². The average Bonchev–Trinajstić information content (AvgIpc) is 3.11. The number of rotatable bonds is 12. The molecule has 1 N–H and O–H groups in total. The Kier molecular flexibility index (Phi) is 9.33. The minimum Gasteiger partial charge on any atom is -0.507 e. The van der Waals surface area contributed by atoms with Crippen LogP contribution < -0.4 is 0 Å². The Morgan fingerprint density at radius 2 is 1.65 bits per heavy atom. The van der Waals surface area contributed by atoms with Crippen LogP contribution in [0, 0.1) is 5.82 Å². The van der Waals surface area contributed by atoms with Gasteiger partial charge in [0.1, 0.15) is 17.6 Å². The van der Waals surface area contributed by atoms with Crippen LogP contribution in [-0.2, 0) is 9.59 Å². The predicted molar refractivity (Wildman–Crippen MR) is 131 cm³/mol. The van der Waals surface area contributed by atoms with Crippen LogP contribution in [0.1, 0.15) is 63.3 Å². The van der Waals surface area contributed by atoms with Gasteiger partial charge in [-0.15, -0.1) is 0 Å². The molecule has 1 aromatic heterocycles. The first-order chi connectivity index (χ1) is 16.5. The van der Waals surface area contributed by atoms with Gasteiger partial charge in [-0.2, -0.15) is 0 Å². The lowest BCUT2D eigenvalue weighted by Crippen LogP contribution is -2.34. The van der Waals surface area contributed by atoms with E-state index < -0.39 is 23.5 Å². The number of hydrogen-bond acceptors (Lipinski definition) is 5. The molecule has 0 spiro atoms. The normalized spacial score (nSPS) is 17.6. The van der Waals surface area contributed by atoms with Gasteiger partial charge in [0.15, 0.2) is 0 Å². The summed E-state index contributed by atoms with van der Waals surface area (Å²) in [7, 11) is 0. The molecule has 1 saturated heterocycles. The summed E-state index contributed by atoms with van der Waals surface area (Å²) in [6, 6.07) is 9.72. The minimum atomic E-state index is -0.786. The molecule has 7 heteroatoms. The van der Waals surface area contributed by atoms with Crippen molar-refractivity contribution in [3.05, 3.63) is 71.3 Å². The number of aliphatic hydroxyl groups excluding tert-OH is 1. The number of ketones is 1. The Morgan fingerprint density at radius 3 is 2.24 bits per heavy atom. The molecule has 3 rings (SSSR count). The van der Waals surface area contributed by atoms with Crippen LogP contribution in [0.15, 0.2) is 54.2 Å². The molecule has 1 amide bonds. The van der Waals surface area contributed by atoms with Gasteiger partial charge < -0.3 is 14.9 Å². The van der Waals surface area contributed by atoms with E-state index in [0.29, 0.717) is 18.7 Å². The molecule has 0 radical (unpaired) electrons. The topological polar surface area (TPSA) is 73.7 Å². The molecular formula is C27H34FN3O3. The highest BCUT2D eigenvalue weighted by Crippen LogP contribution is 2.38. The molecule has 0 saturated carbocycles. The molecule has 1 unspecified atom stereocenters. The van der Waals surface area contributed by atoms with Crippen molar-refractivity contribution < 1.29 is 19.1 Å². The summed E-state index contributed by atoms with van der Waals surface area (Å²) in [5, 5.41) is 11.0.